The minimum absolute atomic E-state index is 0.211. The van der Waals surface area contributed by atoms with Crippen molar-refractivity contribution in [2.75, 3.05) is 13.2 Å². The summed E-state index contributed by atoms with van der Waals surface area (Å²) in [6.45, 7) is 0.915. The molecule has 0 amide bonds. The molecule has 3 rings (SSSR count). The summed E-state index contributed by atoms with van der Waals surface area (Å²) in [5.41, 5.74) is 1.18. The van der Waals surface area contributed by atoms with Gasteiger partial charge in [-0.25, -0.2) is 4.39 Å². The van der Waals surface area contributed by atoms with E-state index < -0.39 is 11.9 Å². The normalized spacial score (nSPS) is 25.8. The maximum absolute atomic E-state index is 14.3. The molecular weight excluding hydrogens is 237 g/mol. The van der Waals surface area contributed by atoms with Gasteiger partial charge in [-0.3, -0.25) is 4.79 Å². The van der Waals surface area contributed by atoms with Crippen molar-refractivity contribution in [2.45, 2.75) is 18.9 Å². The van der Waals surface area contributed by atoms with Crippen LogP contribution in [0.4, 0.5) is 4.39 Å². The fourth-order valence-electron chi connectivity index (χ4n) is 2.68. The van der Waals surface area contributed by atoms with Gasteiger partial charge in [0.1, 0.15) is 11.6 Å². The summed E-state index contributed by atoms with van der Waals surface area (Å²) in [6.07, 6.45) is 1.02. The second kappa shape index (κ2) is 4.24. The number of rotatable bonds is 2. The number of halogens is 1. The maximum Gasteiger partial charge on any atom is 0.307 e. The largest absolute Gasteiger partial charge is 0.493 e. The summed E-state index contributed by atoms with van der Waals surface area (Å²) >= 11 is 0. The summed E-state index contributed by atoms with van der Waals surface area (Å²) in [6, 6.07) is 3.26. The molecule has 2 atom stereocenters. The molecule has 1 saturated heterocycles. The van der Waals surface area contributed by atoms with Crippen molar-refractivity contribution in [2.24, 2.45) is 5.92 Å². The number of carboxylic acid groups (broad SMARTS) is 1. The van der Waals surface area contributed by atoms with Gasteiger partial charge in [-0.15, -0.1) is 0 Å². The number of fused-ring (bicyclic) bond motifs is 1. The third-order valence-electron chi connectivity index (χ3n) is 3.70. The van der Waals surface area contributed by atoms with Gasteiger partial charge in [0, 0.05) is 30.1 Å². The van der Waals surface area contributed by atoms with Crippen LogP contribution in [0.1, 0.15) is 23.6 Å². The molecule has 2 heterocycles. The van der Waals surface area contributed by atoms with Crippen LogP contribution in [0.2, 0.25) is 0 Å². The van der Waals surface area contributed by atoms with E-state index in [4.69, 9.17) is 9.84 Å². The fourth-order valence-corrected chi connectivity index (χ4v) is 2.68. The van der Waals surface area contributed by atoms with Gasteiger partial charge in [0.25, 0.3) is 0 Å². The van der Waals surface area contributed by atoms with Crippen LogP contribution in [0.15, 0.2) is 12.1 Å². The Bertz CT molecular complexity index is 503. The molecule has 2 aliphatic heterocycles. The molecule has 18 heavy (non-hydrogen) atoms. The number of benzene rings is 1. The maximum atomic E-state index is 14.3. The van der Waals surface area contributed by atoms with Crippen LogP contribution in [0.3, 0.4) is 0 Å². The Morgan fingerprint density at radius 3 is 3.06 bits per heavy atom. The number of carbonyl (C=O) groups is 1. The number of carboxylic acids is 1. The monoisotopic (exact) mass is 251 g/mol. The molecule has 1 fully saturated rings. The zero-order chi connectivity index (χ0) is 12.7. The quantitative estimate of drug-likeness (QED) is 0.836. The van der Waals surface area contributed by atoms with Gasteiger partial charge in [-0.05, 0) is 12.5 Å². The molecular formula is C13H14FNO3. The smallest absolute Gasteiger partial charge is 0.307 e. The zero-order valence-corrected chi connectivity index (χ0v) is 9.78. The first kappa shape index (κ1) is 11.5. The Hall–Kier alpha value is -1.62. The first-order valence-electron chi connectivity index (χ1n) is 6.07. The van der Waals surface area contributed by atoms with Gasteiger partial charge < -0.3 is 15.2 Å². The highest BCUT2D eigenvalue weighted by Crippen LogP contribution is 2.35. The van der Waals surface area contributed by atoms with Crippen LogP contribution < -0.4 is 10.1 Å². The van der Waals surface area contributed by atoms with E-state index in [1.807, 2.05) is 0 Å². The second-order valence-corrected chi connectivity index (χ2v) is 4.78. The lowest BCUT2D eigenvalue weighted by Gasteiger charge is -2.13. The van der Waals surface area contributed by atoms with E-state index in [0.717, 1.165) is 0 Å². The van der Waals surface area contributed by atoms with Crippen molar-refractivity contribution in [3.63, 3.8) is 0 Å². The van der Waals surface area contributed by atoms with E-state index in [-0.39, 0.29) is 11.9 Å². The molecule has 1 aromatic carbocycles. The van der Waals surface area contributed by atoms with Gasteiger partial charge in [0.2, 0.25) is 0 Å². The van der Waals surface area contributed by atoms with Gasteiger partial charge in [-0.2, -0.15) is 0 Å². The average Bonchev–Trinajstić information content (AvgIpc) is 2.97. The lowest BCUT2D eigenvalue weighted by molar-refractivity contribution is -0.141. The summed E-state index contributed by atoms with van der Waals surface area (Å²) in [7, 11) is 0. The standard InChI is InChI=1S/C13H14FNO3/c14-12-8(1-2-11-9(12)3-4-18-11)10-5-7(6-15-10)13(16)17/h1-2,7,10,15H,3-6H2,(H,16,17). The number of hydrogen-bond donors (Lipinski definition) is 2. The van der Waals surface area contributed by atoms with Crippen LogP contribution in [-0.4, -0.2) is 24.2 Å². The van der Waals surface area contributed by atoms with Crippen LogP contribution in [0, 0.1) is 11.7 Å². The van der Waals surface area contributed by atoms with Crippen LogP contribution >= 0.6 is 0 Å². The molecule has 96 valence electrons. The third kappa shape index (κ3) is 1.75. The Balaban J connectivity index is 1.88. The van der Waals surface area contributed by atoms with Gasteiger partial charge in [-0.1, -0.05) is 6.07 Å². The molecule has 0 aromatic heterocycles. The number of aliphatic carboxylic acids is 1. The molecule has 2 aliphatic rings. The summed E-state index contributed by atoms with van der Waals surface area (Å²) in [5.74, 6) is -0.883. The Morgan fingerprint density at radius 2 is 2.33 bits per heavy atom. The molecule has 4 nitrogen and oxygen atoms in total. The molecule has 0 radical (unpaired) electrons. The van der Waals surface area contributed by atoms with Crippen LogP contribution in [0.25, 0.3) is 0 Å². The van der Waals surface area contributed by atoms with Gasteiger partial charge in [0.05, 0.1) is 12.5 Å². The first-order chi connectivity index (χ1) is 8.66. The average molecular weight is 251 g/mol. The van der Waals surface area contributed by atoms with Crippen molar-refractivity contribution in [1.82, 2.24) is 5.32 Å². The number of hydrogen-bond acceptors (Lipinski definition) is 3. The highest BCUT2D eigenvalue weighted by molar-refractivity contribution is 5.70. The molecule has 5 heteroatoms. The van der Waals surface area contributed by atoms with E-state index in [2.05, 4.69) is 5.32 Å². The molecule has 1 aromatic rings. The Labute approximate surface area is 104 Å². The van der Waals surface area contributed by atoms with Crippen molar-refractivity contribution >= 4 is 5.97 Å². The summed E-state index contributed by atoms with van der Waals surface area (Å²) < 4.78 is 19.6. The summed E-state index contributed by atoms with van der Waals surface area (Å²) in [4.78, 5) is 10.9. The van der Waals surface area contributed by atoms with Crippen molar-refractivity contribution in [3.8, 4) is 5.75 Å². The molecule has 0 bridgehead atoms. The van der Waals surface area contributed by atoms with Crippen LogP contribution in [0.5, 0.6) is 5.75 Å². The van der Waals surface area contributed by atoms with Crippen molar-refractivity contribution in [3.05, 3.63) is 29.1 Å². The van der Waals surface area contributed by atoms with E-state index in [1.165, 1.54) is 0 Å². The molecule has 2 unspecified atom stereocenters. The molecule has 0 saturated carbocycles. The number of nitrogens with one attached hydrogen (secondary N) is 1. The van der Waals surface area contributed by atoms with Gasteiger partial charge in [0.15, 0.2) is 0 Å². The third-order valence-corrected chi connectivity index (χ3v) is 3.70. The van der Waals surface area contributed by atoms with Gasteiger partial charge >= 0.3 is 5.97 Å². The first-order valence-corrected chi connectivity index (χ1v) is 6.07. The van der Waals surface area contributed by atoms with E-state index >= 15 is 0 Å². The fraction of sp³-hybridized carbons (Fsp3) is 0.462. The lowest BCUT2D eigenvalue weighted by Crippen LogP contribution is -2.17. The van der Waals surface area contributed by atoms with Crippen molar-refractivity contribution in [1.29, 1.82) is 0 Å². The second-order valence-electron chi connectivity index (χ2n) is 4.78. The predicted molar refractivity (Wildman–Crippen MR) is 62.1 cm³/mol. The molecule has 0 spiro atoms. The molecule has 0 aliphatic carbocycles. The predicted octanol–water partition coefficient (Wildman–Crippen LogP) is 1.50. The zero-order valence-electron chi connectivity index (χ0n) is 9.78. The Morgan fingerprint density at radius 1 is 1.50 bits per heavy atom. The van der Waals surface area contributed by atoms with Crippen LogP contribution in [-0.2, 0) is 11.2 Å². The lowest BCUT2D eigenvalue weighted by atomic mass is 9.97. The topological polar surface area (TPSA) is 58.6 Å². The van der Waals surface area contributed by atoms with E-state index in [9.17, 15) is 9.18 Å². The van der Waals surface area contributed by atoms with E-state index in [1.54, 1.807) is 12.1 Å². The minimum atomic E-state index is -0.824. The van der Waals surface area contributed by atoms with Crippen molar-refractivity contribution < 1.29 is 19.0 Å². The highest BCUT2D eigenvalue weighted by Gasteiger charge is 2.33. The van der Waals surface area contributed by atoms with E-state index in [0.29, 0.717) is 42.9 Å². The summed E-state index contributed by atoms with van der Waals surface area (Å²) in [5, 5.41) is 12.0. The molecule has 2 N–H and O–H groups in total. The highest BCUT2D eigenvalue weighted by atomic mass is 19.1. The SMILES string of the molecule is O=C(O)C1CNC(c2ccc3c(c2F)CCO3)C1. The number of ether oxygens (including phenoxy) is 1. The minimum Gasteiger partial charge on any atom is -0.493 e. The Kier molecular flexibility index (Phi) is 2.70.